The molecule has 2 unspecified atom stereocenters. The predicted molar refractivity (Wildman–Crippen MR) is 73.1 cm³/mol. The first kappa shape index (κ1) is 14.6. The molecule has 4 nitrogen and oxygen atoms in total. The number of aromatic nitrogens is 1. The molecule has 3 N–H and O–H groups in total. The van der Waals surface area contributed by atoms with E-state index in [2.05, 4.69) is 24.1 Å². The zero-order valence-electron chi connectivity index (χ0n) is 11.4. The summed E-state index contributed by atoms with van der Waals surface area (Å²) >= 11 is 0. The van der Waals surface area contributed by atoms with Crippen molar-refractivity contribution in [3.8, 4) is 0 Å². The van der Waals surface area contributed by atoms with Gasteiger partial charge >= 0.3 is 0 Å². The number of nitrogens with one attached hydrogen (secondary N) is 1. The highest BCUT2D eigenvalue weighted by Crippen LogP contribution is 2.10. The van der Waals surface area contributed by atoms with Gasteiger partial charge in [0.2, 0.25) is 0 Å². The predicted octanol–water partition coefficient (Wildman–Crippen LogP) is 2.09. The van der Waals surface area contributed by atoms with Gasteiger partial charge in [-0.05, 0) is 30.9 Å². The highest BCUT2D eigenvalue weighted by Gasteiger charge is 2.12. The summed E-state index contributed by atoms with van der Waals surface area (Å²) in [5.74, 6) is 0.502. The molecule has 0 aliphatic heterocycles. The highest BCUT2D eigenvalue weighted by molar-refractivity contribution is 5.92. The van der Waals surface area contributed by atoms with Gasteiger partial charge in [0, 0.05) is 18.8 Å². The van der Waals surface area contributed by atoms with Gasteiger partial charge in [-0.3, -0.25) is 9.78 Å². The Morgan fingerprint density at radius 2 is 2.17 bits per heavy atom. The lowest BCUT2D eigenvalue weighted by Crippen LogP contribution is -2.34. The lowest BCUT2D eigenvalue weighted by molar-refractivity contribution is 0.0930. The molecule has 0 fully saturated rings. The minimum absolute atomic E-state index is 0.116. The minimum atomic E-state index is -0.116. The highest BCUT2D eigenvalue weighted by atomic mass is 16.1. The monoisotopic (exact) mass is 249 g/mol. The van der Waals surface area contributed by atoms with Crippen molar-refractivity contribution in [3.63, 3.8) is 0 Å². The van der Waals surface area contributed by atoms with Crippen LogP contribution < -0.4 is 11.1 Å². The average molecular weight is 249 g/mol. The third-order valence-electron chi connectivity index (χ3n) is 3.12. The standard InChI is InChI=1S/C14H23N3O/c1-4-10(2)7-11(3)17-14(18)13-6-5-12(8-15)9-16-13/h5-6,9-11H,4,7-8,15H2,1-3H3,(H,17,18). The topological polar surface area (TPSA) is 68.0 Å². The van der Waals surface area contributed by atoms with Gasteiger partial charge in [0.25, 0.3) is 5.91 Å². The molecule has 0 spiro atoms. The molecule has 1 heterocycles. The molecule has 100 valence electrons. The largest absolute Gasteiger partial charge is 0.348 e. The molecule has 1 aromatic heterocycles. The second kappa shape index (κ2) is 7.11. The molecular weight excluding hydrogens is 226 g/mol. The summed E-state index contributed by atoms with van der Waals surface area (Å²) in [5.41, 5.74) is 6.86. The van der Waals surface area contributed by atoms with Gasteiger partial charge in [-0.2, -0.15) is 0 Å². The van der Waals surface area contributed by atoms with Crippen LogP contribution in [-0.4, -0.2) is 16.9 Å². The van der Waals surface area contributed by atoms with Crippen LogP contribution >= 0.6 is 0 Å². The van der Waals surface area contributed by atoms with Crippen LogP contribution in [0.5, 0.6) is 0 Å². The van der Waals surface area contributed by atoms with Gasteiger partial charge in [-0.15, -0.1) is 0 Å². The van der Waals surface area contributed by atoms with Crippen LogP contribution in [-0.2, 0) is 6.54 Å². The Hall–Kier alpha value is -1.42. The van der Waals surface area contributed by atoms with E-state index in [9.17, 15) is 4.79 Å². The first-order valence-electron chi connectivity index (χ1n) is 6.52. The Balaban J connectivity index is 2.53. The molecule has 1 amide bonds. The summed E-state index contributed by atoms with van der Waals surface area (Å²) in [6.07, 6.45) is 3.76. The SMILES string of the molecule is CCC(C)CC(C)NC(=O)c1ccc(CN)cn1. The number of pyridine rings is 1. The van der Waals surface area contributed by atoms with E-state index in [1.54, 1.807) is 12.3 Å². The summed E-state index contributed by atoms with van der Waals surface area (Å²) in [6, 6.07) is 3.72. The van der Waals surface area contributed by atoms with Gasteiger partial charge < -0.3 is 11.1 Å². The Morgan fingerprint density at radius 1 is 1.44 bits per heavy atom. The quantitative estimate of drug-likeness (QED) is 0.811. The fourth-order valence-corrected chi connectivity index (χ4v) is 1.81. The van der Waals surface area contributed by atoms with Crippen LogP contribution in [0.4, 0.5) is 0 Å². The van der Waals surface area contributed by atoms with Crippen molar-refractivity contribution >= 4 is 5.91 Å². The van der Waals surface area contributed by atoms with E-state index in [1.165, 1.54) is 0 Å². The van der Waals surface area contributed by atoms with Crippen molar-refractivity contribution in [2.45, 2.75) is 46.2 Å². The molecule has 2 atom stereocenters. The number of hydrogen-bond donors (Lipinski definition) is 2. The molecule has 0 aliphatic carbocycles. The van der Waals surface area contributed by atoms with Crippen molar-refractivity contribution < 1.29 is 4.79 Å². The van der Waals surface area contributed by atoms with E-state index in [1.807, 2.05) is 13.0 Å². The summed E-state index contributed by atoms with van der Waals surface area (Å²) in [6.45, 7) is 6.82. The first-order chi connectivity index (χ1) is 8.56. The van der Waals surface area contributed by atoms with Crippen molar-refractivity contribution in [1.29, 1.82) is 0 Å². The molecule has 0 aliphatic rings. The molecule has 0 saturated carbocycles. The van der Waals surface area contributed by atoms with Crippen LogP contribution in [0.1, 0.15) is 49.7 Å². The van der Waals surface area contributed by atoms with E-state index in [0.717, 1.165) is 18.4 Å². The van der Waals surface area contributed by atoms with Crippen molar-refractivity contribution in [2.75, 3.05) is 0 Å². The van der Waals surface area contributed by atoms with E-state index >= 15 is 0 Å². The second-order valence-electron chi connectivity index (χ2n) is 4.88. The number of amides is 1. The van der Waals surface area contributed by atoms with E-state index in [0.29, 0.717) is 18.2 Å². The van der Waals surface area contributed by atoms with Crippen LogP contribution in [0.15, 0.2) is 18.3 Å². The Labute approximate surface area is 109 Å². The summed E-state index contributed by atoms with van der Waals surface area (Å²) < 4.78 is 0. The molecule has 0 saturated heterocycles. The zero-order chi connectivity index (χ0) is 13.5. The normalized spacial score (nSPS) is 14.0. The number of carbonyl (C=O) groups is 1. The summed E-state index contributed by atoms with van der Waals surface area (Å²) in [7, 11) is 0. The maximum atomic E-state index is 11.9. The van der Waals surface area contributed by atoms with Gasteiger partial charge in [0.15, 0.2) is 0 Å². The van der Waals surface area contributed by atoms with Crippen LogP contribution in [0, 0.1) is 5.92 Å². The molecule has 4 heteroatoms. The van der Waals surface area contributed by atoms with Crippen molar-refractivity contribution in [2.24, 2.45) is 11.7 Å². The molecule has 0 radical (unpaired) electrons. The fourth-order valence-electron chi connectivity index (χ4n) is 1.81. The second-order valence-corrected chi connectivity index (χ2v) is 4.88. The molecular formula is C14H23N3O. The van der Waals surface area contributed by atoms with Gasteiger partial charge in [-0.25, -0.2) is 0 Å². The van der Waals surface area contributed by atoms with Gasteiger partial charge in [0.1, 0.15) is 5.69 Å². The van der Waals surface area contributed by atoms with Gasteiger partial charge in [0.05, 0.1) is 0 Å². The number of carbonyl (C=O) groups excluding carboxylic acids is 1. The molecule has 0 bridgehead atoms. The Bertz CT molecular complexity index is 375. The van der Waals surface area contributed by atoms with E-state index in [4.69, 9.17) is 5.73 Å². The maximum Gasteiger partial charge on any atom is 0.270 e. The third-order valence-corrected chi connectivity index (χ3v) is 3.12. The first-order valence-corrected chi connectivity index (χ1v) is 6.52. The molecule has 1 aromatic rings. The van der Waals surface area contributed by atoms with Gasteiger partial charge in [-0.1, -0.05) is 26.3 Å². The van der Waals surface area contributed by atoms with Crippen LogP contribution in [0.25, 0.3) is 0 Å². The number of rotatable bonds is 6. The maximum absolute atomic E-state index is 11.9. The lowest BCUT2D eigenvalue weighted by Gasteiger charge is -2.17. The lowest BCUT2D eigenvalue weighted by atomic mass is 10.0. The number of hydrogen-bond acceptors (Lipinski definition) is 3. The Kier molecular flexibility index (Phi) is 5.78. The fraction of sp³-hybridized carbons (Fsp3) is 0.571. The van der Waals surface area contributed by atoms with Crippen LogP contribution in [0.3, 0.4) is 0 Å². The number of nitrogens with zero attached hydrogens (tertiary/aromatic N) is 1. The summed E-state index contributed by atoms with van der Waals surface area (Å²) in [5, 5.41) is 2.97. The van der Waals surface area contributed by atoms with Crippen molar-refractivity contribution in [1.82, 2.24) is 10.3 Å². The summed E-state index contributed by atoms with van der Waals surface area (Å²) in [4.78, 5) is 16.0. The van der Waals surface area contributed by atoms with Crippen LogP contribution in [0.2, 0.25) is 0 Å². The molecule has 1 rings (SSSR count). The smallest absolute Gasteiger partial charge is 0.270 e. The van der Waals surface area contributed by atoms with E-state index in [-0.39, 0.29) is 11.9 Å². The molecule has 0 aromatic carbocycles. The Morgan fingerprint density at radius 3 is 2.67 bits per heavy atom. The van der Waals surface area contributed by atoms with Crippen molar-refractivity contribution in [3.05, 3.63) is 29.6 Å². The minimum Gasteiger partial charge on any atom is -0.348 e. The third kappa shape index (κ3) is 4.45. The average Bonchev–Trinajstić information content (AvgIpc) is 2.38. The molecule has 18 heavy (non-hydrogen) atoms. The zero-order valence-corrected chi connectivity index (χ0v) is 11.4. The van der Waals surface area contributed by atoms with E-state index < -0.39 is 0 Å². The number of nitrogens with two attached hydrogens (primary N) is 1.